The minimum absolute atomic E-state index is 0.831. The zero-order valence-corrected chi connectivity index (χ0v) is 8.06. The normalized spacial score (nSPS) is 10.0. The Morgan fingerprint density at radius 2 is 1.75 bits per heavy atom. The Balaban J connectivity index is 3.40. The Hall–Kier alpha value is -0.915. The molecule has 1 rings (SSSR count). The third kappa shape index (κ3) is 1.34. The maximum absolute atomic E-state index is 5.85. The van der Waals surface area contributed by atoms with Crippen molar-refractivity contribution in [3.63, 3.8) is 0 Å². The standard InChI is InChI=1S/C10H13BO/c1-6-5-7(2)10(12-4)8(3)9(6)11/h5H,1-4H3. The van der Waals surface area contributed by atoms with Crippen molar-refractivity contribution in [3.8, 4) is 5.75 Å². The molecule has 0 N–H and O–H groups in total. The smallest absolute Gasteiger partial charge is 0.124 e. The lowest BCUT2D eigenvalue weighted by Crippen LogP contribution is -2.13. The van der Waals surface area contributed by atoms with Gasteiger partial charge in [0.05, 0.1) is 7.11 Å². The Kier molecular flexibility index (Phi) is 2.46. The van der Waals surface area contributed by atoms with Gasteiger partial charge in [0, 0.05) is 0 Å². The molecule has 1 nitrogen and oxygen atoms in total. The van der Waals surface area contributed by atoms with Crippen LogP contribution in [0.15, 0.2) is 6.07 Å². The molecule has 2 radical (unpaired) electrons. The molecule has 0 heterocycles. The summed E-state index contributed by atoms with van der Waals surface area (Å²) in [6, 6.07) is 2.04. The Morgan fingerprint density at radius 3 is 2.25 bits per heavy atom. The number of ether oxygens (including phenoxy) is 1. The van der Waals surface area contributed by atoms with Gasteiger partial charge >= 0.3 is 0 Å². The van der Waals surface area contributed by atoms with E-state index >= 15 is 0 Å². The van der Waals surface area contributed by atoms with Gasteiger partial charge in [-0.15, -0.1) is 0 Å². The molecule has 2 heteroatoms. The fourth-order valence-corrected chi connectivity index (χ4v) is 1.50. The molecule has 0 atom stereocenters. The van der Waals surface area contributed by atoms with Crippen LogP contribution in [-0.4, -0.2) is 15.0 Å². The van der Waals surface area contributed by atoms with Crippen LogP contribution < -0.4 is 10.2 Å². The van der Waals surface area contributed by atoms with Crippen LogP contribution in [-0.2, 0) is 0 Å². The molecular formula is C10H13BO. The van der Waals surface area contributed by atoms with Crippen molar-refractivity contribution in [2.45, 2.75) is 20.8 Å². The summed E-state index contributed by atoms with van der Waals surface area (Å²) in [5.41, 5.74) is 4.12. The average molecular weight is 160 g/mol. The van der Waals surface area contributed by atoms with Crippen molar-refractivity contribution in [1.82, 2.24) is 0 Å². The highest BCUT2D eigenvalue weighted by Gasteiger charge is 2.06. The number of hydrogen-bond donors (Lipinski definition) is 0. The van der Waals surface area contributed by atoms with Gasteiger partial charge in [-0.05, 0) is 31.9 Å². The molecule has 12 heavy (non-hydrogen) atoms. The molecule has 0 saturated heterocycles. The van der Waals surface area contributed by atoms with E-state index in [1.165, 1.54) is 0 Å². The van der Waals surface area contributed by atoms with Gasteiger partial charge in [0.1, 0.15) is 13.6 Å². The fourth-order valence-electron chi connectivity index (χ4n) is 1.50. The molecule has 0 amide bonds. The summed E-state index contributed by atoms with van der Waals surface area (Å²) in [4.78, 5) is 0. The summed E-state index contributed by atoms with van der Waals surface area (Å²) >= 11 is 0. The Bertz CT molecular complexity index is 305. The topological polar surface area (TPSA) is 9.23 Å². The molecule has 0 spiro atoms. The number of methoxy groups -OCH3 is 1. The van der Waals surface area contributed by atoms with E-state index in [0.717, 1.165) is 27.9 Å². The third-order valence-electron chi connectivity index (χ3n) is 2.16. The highest BCUT2D eigenvalue weighted by molar-refractivity contribution is 6.34. The van der Waals surface area contributed by atoms with Gasteiger partial charge in [-0.2, -0.15) is 0 Å². The minimum atomic E-state index is 0.831. The third-order valence-corrected chi connectivity index (χ3v) is 2.16. The quantitative estimate of drug-likeness (QED) is 0.564. The van der Waals surface area contributed by atoms with Crippen LogP contribution >= 0.6 is 0 Å². The SMILES string of the molecule is [B]c1c(C)cc(C)c(OC)c1C. The van der Waals surface area contributed by atoms with Crippen LogP contribution in [0, 0.1) is 20.8 Å². The molecule has 0 aliphatic rings. The zero-order chi connectivity index (χ0) is 9.30. The number of benzene rings is 1. The highest BCUT2D eigenvalue weighted by atomic mass is 16.5. The first-order chi connectivity index (χ1) is 5.57. The van der Waals surface area contributed by atoms with Crippen LogP contribution in [0.3, 0.4) is 0 Å². The van der Waals surface area contributed by atoms with E-state index in [2.05, 4.69) is 0 Å². The first-order valence-electron chi connectivity index (χ1n) is 3.98. The summed E-state index contributed by atoms with van der Waals surface area (Å²) in [5, 5.41) is 0. The Morgan fingerprint density at radius 1 is 1.17 bits per heavy atom. The van der Waals surface area contributed by atoms with E-state index < -0.39 is 0 Å². The highest BCUT2D eigenvalue weighted by Crippen LogP contribution is 2.21. The molecule has 62 valence electrons. The van der Waals surface area contributed by atoms with Gasteiger partial charge in [-0.1, -0.05) is 17.1 Å². The molecule has 0 unspecified atom stereocenters. The molecule has 0 aliphatic heterocycles. The lowest BCUT2D eigenvalue weighted by molar-refractivity contribution is 0.409. The summed E-state index contributed by atoms with van der Waals surface area (Å²) < 4.78 is 5.23. The van der Waals surface area contributed by atoms with Crippen LogP contribution in [0.5, 0.6) is 5.75 Å². The van der Waals surface area contributed by atoms with Crippen molar-refractivity contribution in [2.24, 2.45) is 0 Å². The van der Waals surface area contributed by atoms with Crippen LogP contribution in [0.2, 0.25) is 0 Å². The zero-order valence-electron chi connectivity index (χ0n) is 8.06. The predicted molar refractivity (Wildman–Crippen MR) is 52.6 cm³/mol. The van der Waals surface area contributed by atoms with Crippen molar-refractivity contribution >= 4 is 13.3 Å². The lowest BCUT2D eigenvalue weighted by atomic mass is 9.85. The van der Waals surface area contributed by atoms with Crippen LogP contribution in [0.4, 0.5) is 0 Å². The monoisotopic (exact) mass is 160 g/mol. The molecule has 0 aromatic heterocycles. The molecule has 1 aromatic rings. The molecule has 0 fully saturated rings. The maximum atomic E-state index is 5.85. The molecule has 1 aromatic carbocycles. The minimum Gasteiger partial charge on any atom is -0.496 e. The van der Waals surface area contributed by atoms with Gasteiger partial charge in [0.15, 0.2) is 0 Å². The summed E-state index contributed by atoms with van der Waals surface area (Å²) in [6.45, 7) is 6.02. The number of rotatable bonds is 1. The van der Waals surface area contributed by atoms with Gasteiger partial charge in [-0.3, -0.25) is 0 Å². The van der Waals surface area contributed by atoms with Gasteiger partial charge in [0.25, 0.3) is 0 Å². The van der Waals surface area contributed by atoms with Gasteiger partial charge in [-0.25, -0.2) is 0 Å². The predicted octanol–water partition coefficient (Wildman–Crippen LogP) is 1.41. The maximum Gasteiger partial charge on any atom is 0.124 e. The molecule has 0 saturated carbocycles. The van der Waals surface area contributed by atoms with E-state index in [1.807, 2.05) is 26.8 Å². The largest absolute Gasteiger partial charge is 0.496 e. The van der Waals surface area contributed by atoms with E-state index in [9.17, 15) is 0 Å². The lowest BCUT2D eigenvalue weighted by Gasteiger charge is -2.13. The molecule has 0 bridgehead atoms. The van der Waals surface area contributed by atoms with Crippen molar-refractivity contribution < 1.29 is 4.74 Å². The van der Waals surface area contributed by atoms with E-state index in [0.29, 0.717) is 0 Å². The van der Waals surface area contributed by atoms with Crippen LogP contribution in [0.1, 0.15) is 16.7 Å². The van der Waals surface area contributed by atoms with Crippen LogP contribution in [0.25, 0.3) is 0 Å². The number of aryl methyl sites for hydroxylation is 2. The first kappa shape index (κ1) is 9.18. The van der Waals surface area contributed by atoms with Crippen molar-refractivity contribution in [2.75, 3.05) is 7.11 Å². The molecule has 0 aliphatic carbocycles. The van der Waals surface area contributed by atoms with E-state index in [1.54, 1.807) is 7.11 Å². The van der Waals surface area contributed by atoms with E-state index in [-0.39, 0.29) is 0 Å². The number of hydrogen-bond acceptors (Lipinski definition) is 1. The average Bonchev–Trinajstić information content (AvgIpc) is 2.01. The Labute approximate surface area is 75.2 Å². The summed E-state index contributed by atoms with van der Waals surface area (Å²) in [5.74, 6) is 0.901. The second kappa shape index (κ2) is 3.22. The van der Waals surface area contributed by atoms with E-state index in [4.69, 9.17) is 12.6 Å². The fraction of sp³-hybridized carbons (Fsp3) is 0.400. The van der Waals surface area contributed by atoms with Gasteiger partial charge in [0.2, 0.25) is 0 Å². The summed E-state index contributed by atoms with van der Waals surface area (Å²) in [6.07, 6.45) is 0. The summed E-state index contributed by atoms with van der Waals surface area (Å²) in [7, 11) is 7.52. The van der Waals surface area contributed by atoms with Crippen molar-refractivity contribution in [3.05, 3.63) is 22.8 Å². The van der Waals surface area contributed by atoms with Crippen molar-refractivity contribution in [1.29, 1.82) is 0 Å². The second-order valence-corrected chi connectivity index (χ2v) is 3.08. The second-order valence-electron chi connectivity index (χ2n) is 3.08. The molecular weight excluding hydrogens is 147 g/mol. The first-order valence-corrected chi connectivity index (χ1v) is 3.98. The van der Waals surface area contributed by atoms with Gasteiger partial charge < -0.3 is 4.74 Å².